The minimum absolute atomic E-state index is 0.150. The molecule has 1 atom stereocenters. The number of aryl methyl sites for hydroxylation is 1. The summed E-state index contributed by atoms with van der Waals surface area (Å²) in [6.45, 7) is 3.85. The van der Waals surface area contributed by atoms with E-state index in [4.69, 9.17) is 4.74 Å². The van der Waals surface area contributed by atoms with Crippen molar-refractivity contribution in [2.24, 2.45) is 7.05 Å². The molecule has 2 heterocycles. The van der Waals surface area contributed by atoms with Crippen LogP contribution in [-0.2, 0) is 16.6 Å². The van der Waals surface area contributed by atoms with Crippen LogP contribution in [0.2, 0.25) is 0 Å². The van der Waals surface area contributed by atoms with Gasteiger partial charge in [0, 0.05) is 25.5 Å². The first-order valence-electron chi connectivity index (χ1n) is 6.48. The van der Waals surface area contributed by atoms with E-state index in [2.05, 4.69) is 10.4 Å². The Hall–Kier alpha value is -2.31. The fraction of sp³-hybridized carbons (Fsp3) is 0.462. The zero-order valence-electron chi connectivity index (χ0n) is 11.8. The van der Waals surface area contributed by atoms with Gasteiger partial charge in [0.25, 0.3) is 5.91 Å². The molecule has 0 aliphatic heterocycles. The van der Waals surface area contributed by atoms with Crippen molar-refractivity contribution in [3.8, 4) is 0 Å². The van der Waals surface area contributed by atoms with Crippen molar-refractivity contribution in [1.82, 2.24) is 19.5 Å². The second-order valence-electron chi connectivity index (χ2n) is 4.62. The average molecular weight is 278 g/mol. The maximum absolute atomic E-state index is 12.2. The summed E-state index contributed by atoms with van der Waals surface area (Å²) in [6, 6.07) is -0.295. The first kappa shape index (κ1) is 14.1. The number of nitrogens with zero attached hydrogens (tertiary/aromatic N) is 3. The molecule has 7 heteroatoms. The number of hydrogen-bond donors (Lipinski definition) is 1. The molecule has 0 saturated carbocycles. The summed E-state index contributed by atoms with van der Waals surface area (Å²) >= 11 is 0. The molecule has 108 valence electrons. The predicted molar refractivity (Wildman–Crippen MR) is 72.3 cm³/mol. The van der Waals surface area contributed by atoms with Crippen LogP contribution < -0.4 is 5.32 Å². The number of rotatable bonds is 5. The minimum Gasteiger partial charge on any atom is -0.466 e. The van der Waals surface area contributed by atoms with E-state index < -0.39 is 0 Å². The van der Waals surface area contributed by atoms with E-state index in [1.807, 2.05) is 17.8 Å². The summed E-state index contributed by atoms with van der Waals surface area (Å²) in [5.41, 5.74) is 1.19. The van der Waals surface area contributed by atoms with E-state index in [-0.39, 0.29) is 24.3 Å². The van der Waals surface area contributed by atoms with Gasteiger partial charge in [-0.3, -0.25) is 9.59 Å². The minimum atomic E-state index is -0.320. The van der Waals surface area contributed by atoms with Crippen LogP contribution in [0, 0.1) is 0 Å². The fourth-order valence-electron chi connectivity index (χ4n) is 2.03. The molecule has 1 N–H and O–H groups in total. The summed E-state index contributed by atoms with van der Waals surface area (Å²) in [5, 5.41) is 6.88. The van der Waals surface area contributed by atoms with Crippen LogP contribution in [0.1, 0.15) is 30.6 Å². The predicted octanol–water partition coefficient (Wildman–Crippen LogP) is 0.744. The number of nitrogens with one attached hydrogen (secondary N) is 1. The molecule has 1 amide bonds. The van der Waals surface area contributed by atoms with Crippen LogP contribution >= 0.6 is 0 Å². The molecule has 0 bridgehead atoms. The zero-order valence-corrected chi connectivity index (χ0v) is 11.8. The van der Waals surface area contributed by atoms with E-state index in [0.29, 0.717) is 17.8 Å². The van der Waals surface area contributed by atoms with Crippen molar-refractivity contribution in [2.45, 2.75) is 26.3 Å². The third-order valence-electron chi connectivity index (χ3n) is 2.94. The molecular formula is C13H18N4O3. The van der Waals surface area contributed by atoms with E-state index in [9.17, 15) is 9.59 Å². The molecule has 2 aromatic rings. The van der Waals surface area contributed by atoms with Gasteiger partial charge in [0.05, 0.1) is 19.2 Å². The summed E-state index contributed by atoms with van der Waals surface area (Å²) in [4.78, 5) is 23.5. The van der Waals surface area contributed by atoms with Gasteiger partial charge in [0.1, 0.15) is 11.2 Å². The molecule has 0 saturated heterocycles. The Morgan fingerprint density at radius 2 is 2.20 bits per heavy atom. The zero-order chi connectivity index (χ0) is 14.7. The monoisotopic (exact) mass is 278 g/mol. The Labute approximate surface area is 116 Å². The first-order chi connectivity index (χ1) is 9.52. The highest BCUT2D eigenvalue weighted by Gasteiger charge is 2.18. The topological polar surface area (TPSA) is 77.6 Å². The lowest BCUT2D eigenvalue weighted by molar-refractivity contribution is -0.143. The van der Waals surface area contributed by atoms with Crippen molar-refractivity contribution in [1.29, 1.82) is 0 Å². The van der Waals surface area contributed by atoms with Crippen LogP contribution in [-0.4, -0.2) is 38.7 Å². The van der Waals surface area contributed by atoms with Crippen molar-refractivity contribution in [3.05, 3.63) is 24.2 Å². The van der Waals surface area contributed by atoms with Crippen molar-refractivity contribution in [2.75, 3.05) is 6.61 Å². The Morgan fingerprint density at radius 1 is 1.45 bits per heavy atom. The van der Waals surface area contributed by atoms with Crippen molar-refractivity contribution < 1.29 is 14.3 Å². The molecule has 1 unspecified atom stereocenters. The van der Waals surface area contributed by atoms with Crippen molar-refractivity contribution in [3.63, 3.8) is 0 Å². The molecule has 0 aliphatic carbocycles. The molecular weight excluding hydrogens is 260 g/mol. The summed E-state index contributed by atoms with van der Waals surface area (Å²) < 4.78 is 8.30. The Bertz CT molecular complexity index is 629. The number of aromatic nitrogens is 3. The van der Waals surface area contributed by atoms with Gasteiger partial charge in [-0.25, -0.2) is 4.52 Å². The number of fused-ring (bicyclic) bond motifs is 1. The Morgan fingerprint density at radius 3 is 2.90 bits per heavy atom. The largest absolute Gasteiger partial charge is 0.466 e. The highest BCUT2D eigenvalue weighted by molar-refractivity contribution is 6.00. The normalized spacial score (nSPS) is 12.3. The van der Waals surface area contributed by atoms with Gasteiger partial charge in [-0.2, -0.15) is 5.10 Å². The van der Waals surface area contributed by atoms with Crippen LogP contribution in [0.15, 0.2) is 18.6 Å². The average Bonchev–Trinajstić information content (AvgIpc) is 2.92. The Kier molecular flexibility index (Phi) is 4.07. The third kappa shape index (κ3) is 2.81. The van der Waals surface area contributed by atoms with Crippen molar-refractivity contribution >= 4 is 17.5 Å². The van der Waals surface area contributed by atoms with Crippen LogP contribution in [0.5, 0.6) is 0 Å². The fourth-order valence-corrected chi connectivity index (χ4v) is 2.03. The standard InChI is InChI=1S/C13H18N4O3/c1-4-20-11(18)7-9(2)15-12(19)10-8-14-17-6-5-16(3)13(10)17/h5-6,8-9H,4,7H2,1-3H3,(H,15,19). The van der Waals surface area contributed by atoms with E-state index in [1.54, 1.807) is 24.6 Å². The molecule has 20 heavy (non-hydrogen) atoms. The number of carbonyl (C=O) groups excluding carboxylic acids is 2. The molecule has 0 aromatic carbocycles. The summed E-state index contributed by atoms with van der Waals surface area (Å²) in [7, 11) is 1.84. The second kappa shape index (κ2) is 5.77. The highest BCUT2D eigenvalue weighted by Crippen LogP contribution is 2.10. The summed E-state index contributed by atoms with van der Waals surface area (Å²) in [5.74, 6) is -0.571. The first-order valence-corrected chi connectivity index (χ1v) is 6.48. The smallest absolute Gasteiger partial charge is 0.307 e. The number of carbonyl (C=O) groups is 2. The van der Waals surface area contributed by atoms with Gasteiger partial charge in [-0.15, -0.1) is 0 Å². The molecule has 0 spiro atoms. The highest BCUT2D eigenvalue weighted by atomic mass is 16.5. The number of esters is 1. The maximum atomic E-state index is 12.2. The van der Waals surface area contributed by atoms with E-state index in [1.165, 1.54) is 6.20 Å². The molecule has 0 radical (unpaired) electrons. The van der Waals surface area contributed by atoms with Gasteiger partial charge in [0.15, 0.2) is 0 Å². The molecule has 2 rings (SSSR count). The second-order valence-corrected chi connectivity index (χ2v) is 4.62. The van der Waals surface area contributed by atoms with Gasteiger partial charge < -0.3 is 14.6 Å². The quantitative estimate of drug-likeness (QED) is 0.818. The van der Waals surface area contributed by atoms with Gasteiger partial charge in [0.2, 0.25) is 0 Å². The summed E-state index contributed by atoms with van der Waals surface area (Å²) in [6.07, 6.45) is 5.26. The van der Waals surface area contributed by atoms with Crippen LogP contribution in [0.4, 0.5) is 0 Å². The number of ether oxygens (including phenoxy) is 1. The number of amides is 1. The van der Waals surface area contributed by atoms with Gasteiger partial charge in [-0.1, -0.05) is 0 Å². The molecule has 0 fully saturated rings. The SMILES string of the molecule is CCOC(=O)CC(C)NC(=O)c1cnn2ccn(C)c12. The lowest BCUT2D eigenvalue weighted by Crippen LogP contribution is -2.34. The number of hydrogen-bond acceptors (Lipinski definition) is 4. The van der Waals surface area contributed by atoms with Gasteiger partial charge in [-0.05, 0) is 13.8 Å². The third-order valence-corrected chi connectivity index (χ3v) is 2.94. The molecule has 7 nitrogen and oxygen atoms in total. The van der Waals surface area contributed by atoms with E-state index >= 15 is 0 Å². The van der Waals surface area contributed by atoms with Crippen LogP contribution in [0.25, 0.3) is 5.65 Å². The molecule has 0 aliphatic rings. The van der Waals surface area contributed by atoms with E-state index in [0.717, 1.165) is 0 Å². The lowest BCUT2D eigenvalue weighted by Gasteiger charge is -2.12. The lowest BCUT2D eigenvalue weighted by atomic mass is 10.2. The Balaban J connectivity index is 2.04. The molecule has 2 aromatic heterocycles. The number of imidazole rings is 1. The van der Waals surface area contributed by atoms with Crippen LogP contribution in [0.3, 0.4) is 0 Å². The maximum Gasteiger partial charge on any atom is 0.307 e. The van der Waals surface area contributed by atoms with Gasteiger partial charge >= 0.3 is 5.97 Å².